The molecular weight excluding hydrogens is 520 g/mol. The molecule has 3 aromatic carbocycles. The van der Waals surface area contributed by atoms with E-state index in [-0.39, 0.29) is 23.6 Å². The van der Waals surface area contributed by atoms with Gasteiger partial charge in [-0.3, -0.25) is 14.9 Å². The third-order valence-corrected chi connectivity index (χ3v) is 6.62. The van der Waals surface area contributed by atoms with Crippen molar-refractivity contribution in [1.29, 1.82) is 5.26 Å². The van der Waals surface area contributed by atoms with Crippen molar-refractivity contribution >= 4 is 29.0 Å². The van der Waals surface area contributed by atoms with Gasteiger partial charge in [0, 0.05) is 36.2 Å². The first-order chi connectivity index (χ1) is 18.9. The summed E-state index contributed by atoms with van der Waals surface area (Å²) in [7, 11) is 4.65. The van der Waals surface area contributed by atoms with Crippen LogP contribution in [-0.4, -0.2) is 38.7 Å². The van der Waals surface area contributed by atoms with Gasteiger partial charge in [-0.2, -0.15) is 5.26 Å². The van der Waals surface area contributed by atoms with E-state index in [2.05, 4.69) is 10.6 Å². The molecule has 0 atom stereocenters. The number of nitrogens with one attached hydrogen (secondary N) is 2. The second-order valence-corrected chi connectivity index (χ2v) is 9.07. The highest BCUT2D eigenvalue weighted by Crippen LogP contribution is 2.30. The third kappa shape index (κ3) is 8.15. The number of nitriles is 1. The zero-order valence-corrected chi connectivity index (χ0v) is 22.5. The van der Waals surface area contributed by atoms with E-state index in [9.17, 15) is 20.2 Å². The fourth-order valence-corrected chi connectivity index (χ4v) is 4.53. The largest absolute Gasteiger partial charge is 0.497 e. The van der Waals surface area contributed by atoms with E-state index in [0.29, 0.717) is 39.9 Å². The quantitative estimate of drug-likeness (QED) is 0.130. The van der Waals surface area contributed by atoms with Crippen LogP contribution in [0.2, 0.25) is 0 Å². The first-order valence-corrected chi connectivity index (χ1v) is 12.8. The minimum Gasteiger partial charge on any atom is -0.497 e. The van der Waals surface area contributed by atoms with E-state index >= 15 is 0 Å². The highest BCUT2D eigenvalue weighted by molar-refractivity contribution is 8.02. The summed E-state index contributed by atoms with van der Waals surface area (Å²) in [4.78, 5) is 23.8. The second-order valence-electron chi connectivity index (χ2n) is 8.08. The van der Waals surface area contributed by atoms with Crippen molar-refractivity contribution in [2.45, 2.75) is 12.2 Å². The minimum atomic E-state index is -0.546. The summed E-state index contributed by atoms with van der Waals surface area (Å²) in [6.45, 7) is 0.279. The van der Waals surface area contributed by atoms with Crippen LogP contribution in [0.4, 0.5) is 11.4 Å². The molecule has 0 unspecified atom stereocenters. The number of nitro groups is 1. The van der Waals surface area contributed by atoms with Gasteiger partial charge in [-0.05, 0) is 41.8 Å². The monoisotopic (exact) mass is 548 g/mol. The Morgan fingerprint density at radius 3 is 2.44 bits per heavy atom. The molecule has 0 spiro atoms. The van der Waals surface area contributed by atoms with E-state index in [1.165, 1.54) is 23.9 Å². The normalized spacial score (nSPS) is 11.0. The van der Waals surface area contributed by atoms with Gasteiger partial charge in [0.15, 0.2) is 11.5 Å². The van der Waals surface area contributed by atoms with Gasteiger partial charge >= 0.3 is 0 Å². The van der Waals surface area contributed by atoms with E-state index in [1.54, 1.807) is 63.8 Å². The smallest absolute Gasteiger partial charge is 0.269 e. The zero-order valence-electron chi connectivity index (χ0n) is 21.7. The lowest BCUT2D eigenvalue weighted by Gasteiger charge is -2.14. The second kappa shape index (κ2) is 14.3. The van der Waals surface area contributed by atoms with Gasteiger partial charge in [0.2, 0.25) is 0 Å². The topological polar surface area (TPSA) is 136 Å². The Labute approximate surface area is 230 Å². The van der Waals surface area contributed by atoms with Crippen LogP contribution in [0.3, 0.4) is 0 Å². The summed E-state index contributed by atoms with van der Waals surface area (Å²) in [5, 5.41) is 27.4. The van der Waals surface area contributed by atoms with Crippen LogP contribution < -0.4 is 24.8 Å². The van der Waals surface area contributed by atoms with E-state index < -0.39 is 10.8 Å². The molecular formula is C28H28N4O6S. The van der Waals surface area contributed by atoms with E-state index in [0.717, 1.165) is 5.56 Å². The number of nitrogens with zero attached hydrogens (tertiary/aromatic N) is 2. The lowest BCUT2D eigenvalue weighted by molar-refractivity contribution is -0.384. The predicted octanol–water partition coefficient (Wildman–Crippen LogP) is 5.06. The number of carbonyl (C=O) groups excluding carboxylic acids is 1. The summed E-state index contributed by atoms with van der Waals surface area (Å²) in [5.74, 6) is 1.53. The van der Waals surface area contributed by atoms with Crippen molar-refractivity contribution in [2.24, 2.45) is 0 Å². The van der Waals surface area contributed by atoms with Crippen molar-refractivity contribution in [1.82, 2.24) is 5.32 Å². The number of methoxy groups -OCH3 is 3. The molecule has 0 fully saturated rings. The van der Waals surface area contributed by atoms with Crippen molar-refractivity contribution < 1.29 is 23.9 Å². The maximum Gasteiger partial charge on any atom is 0.269 e. The standard InChI is InChI=1S/C28H28N4O6S/c1-36-23-9-5-7-21(16-23)31-28(39-18-20-6-4-8-22(14-20)32(34)35)24(17-29)27(33)30-13-12-19-10-11-25(37-2)26(15-19)38-3/h4-11,14-16,31H,12-13,18H2,1-3H3,(H,30,33). The van der Waals surface area contributed by atoms with Crippen LogP contribution in [0.1, 0.15) is 11.1 Å². The number of non-ortho nitro benzene ring substituents is 1. The molecule has 0 aliphatic carbocycles. The number of thioether (sulfide) groups is 1. The highest BCUT2D eigenvalue weighted by Gasteiger charge is 2.18. The first-order valence-electron chi connectivity index (χ1n) is 11.8. The van der Waals surface area contributed by atoms with Gasteiger partial charge in [-0.15, -0.1) is 11.8 Å². The Hall–Kier alpha value is -4.69. The van der Waals surface area contributed by atoms with Gasteiger partial charge in [0.25, 0.3) is 11.6 Å². The molecule has 3 rings (SSSR count). The number of anilines is 1. The van der Waals surface area contributed by atoms with Crippen LogP contribution in [0.5, 0.6) is 17.2 Å². The molecule has 2 N–H and O–H groups in total. The van der Waals surface area contributed by atoms with Crippen LogP contribution in [0.25, 0.3) is 0 Å². The number of rotatable bonds is 13. The van der Waals surface area contributed by atoms with Crippen LogP contribution in [0, 0.1) is 21.4 Å². The molecule has 202 valence electrons. The van der Waals surface area contributed by atoms with Crippen molar-refractivity contribution in [3.05, 3.63) is 98.6 Å². The van der Waals surface area contributed by atoms with E-state index in [1.807, 2.05) is 18.2 Å². The Morgan fingerprint density at radius 1 is 0.974 bits per heavy atom. The molecule has 1 amide bonds. The highest BCUT2D eigenvalue weighted by atomic mass is 32.2. The molecule has 0 radical (unpaired) electrons. The average Bonchev–Trinajstić information content (AvgIpc) is 2.96. The number of nitro benzene ring substituents is 1. The molecule has 0 aromatic heterocycles. The molecule has 39 heavy (non-hydrogen) atoms. The molecule has 3 aromatic rings. The van der Waals surface area contributed by atoms with Crippen molar-refractivity contribution in [3.63, 3.8) is 0 Å². The summed E-state index contributed by atoms with van der Waals surface area (Å²) in [6.07, 6.45) is 0.504. The van der Waals surface area contributed by atoms with Gasteiger partial charge in [0.05, 0.1) is 31.3 Å². The molecule has 0 aliphatic rings. The number of carbonyl (C=O) groups is 1. The minimum absolute atomic E-state index is 0.0344. The summed E-state index contributed by atoms with van der Waals surface area (Å²) in [6, 6.07) is 20.8. The van der Waals surface area contributed by atoms with Gasteiger partial charge in [-0.25, -0.2) is 0 Å². The fourth-order valence-electron chi connectivity index (χ4n) is 3.57. The molecule has 0 aliphatic heterocycles. The molecule has 11 heteroatoms. The lowest BCUT2D eigenvalue weighted by Crippen LogP contribution is -2.28. The molecule has 10 nitrogen and oxygen atoms in total. The van der Waals surface area contributed by atoms with Crippen LogP contribution in [-0.2, 0) is 17.0 Å². The Kier molecular flexibility index (Phi) is 10.6. The molecule has 0 heterocycles. The summed E-state index contributed by atoms with van der Waals surface area (Å²) in [5.41, 5.74) is 2.06. The molecule has 0 bridgehead atoms. The lowest BCUT2D eigenvalue weighted by atomic mass is 10.1. The number of amides is 1. The maximum atomic E-state index is 13.1. The SMILES string of the molecule is COc1cccc(NC(SCc2cccc([N+](=O)[O-])c2)=C(C#N)C(=O)NCCc2ccc(OC)c(OC)c2)c1. The van der Waals surface area contributed by atoms with Crippen molar-refractivity contribution in [2.75, 3.05) is 33.2 Å². The Bertz CT molecular complexity index is 1400. The first kappa shape index (κ1) is 28.9. The average molecular weight is 549 g/mol. The Balaban J connectivity index is 1.80. The maximum absolute atomic E-state index is 13.1. The predicted molar refractivity (Wildman–Crippen MR) is 150 cm³/mol. The van der Waals surface area contributed by atoms with Gasteiger partial charge in [-0.1, -0.05) is 24.3 Å². The molecule has 0 saturated carbocycles. The van der Waals surface area contributed by atoms with E-state index in [4.69, 9.17) is 14.2 Å². The number of ether oxygens (including phenoxy) is 3. The number of hydrogen-bond acceptors (Lipinski definition) is 9. The summed E-state index contributed by atoms with van der Waals surface area (Å²) >= 11 is 1.19. The molecule has 0 saturated heterocycles. The number of benzene rings is 3. The third-order valence-electron chi connectivity index (χ3n) is 5.55. The fraction of sp³-hybridized carbons (Fsp3) is 0.214. The van der Waals surface area contributed by atoms with Gasteiger partial charge in [0.1, 0.15) is 17.4 Å². The van der Waals surface area contributed by atoms with Gasteiger partial charge < -0.3 is 24.8 Å². The number of hydrogen-bond donors (Lipinski definition) is 2. The zero-order chi connectivity index (χ0) is 28.2. The van der Waals surface area contributed by atoms with Crippen LogP contribution >= 0.6 is 11.8 Å². The summed E-state index contributed by atoms with van der Waals surface area (Å²) < 4.78 is 15.9. The van der Waals surface area contributed by atoms with Crippen LogP contribution in [0.15, 0.2) is 77.3 Å². The Morgan fingerprint density at radius 2 is 1.74 bits per heavy atom. The van der Waals surface area contributed by atoms with Crippen molar-refractivity contribution in [3.8, 4) is 23.3 Å².